The molecule has 1 unspecified atom stereocenters. The number of aromatic amines is 1. The summed E-state index contributed by atoms with van der Waals surface area (Å²) in [5.74, 6) is -0.371. The van der Waals surface area contributed by atoms with Crippen molar-refractivity contribution < 1.29 is 4.79 Å². The lowest BCUT2D eigenvalue weighted by molar-refractivity contribution is -0.117. The maximum Gasteiger partial charge on any atom is 0.233 e. The summed E-state index contributed by atoms with van der Waals surface area (Å²) in [5, 5.41) is 22.2. The maximum absolute atomic E-state index is 13.2. The molecule has 33 heavy (non-hydrogen) atoms. The van der Waals surface area contributed by atoms with Crippen molar-refractivity contribution in [3.8, 4) is 17.2 Å². The van der Waals surface area contributed by atoms with Gasteiger partial charge in [-0.2, -0.15) is 10.4 Å². The fourth-order valence-electron chi connectivity index (χ4n) is 3.66. The lowest BCUT2D eigenvalue weighted by Gasteiger charge is -2.18. The summed E-state index contributed by atoms with van der Waals surface area (Å²) in [5.41, 5.74) is 5.57. The van der Waals surface area contributed by atoms with Crippen molar-refractivity contribution in [3.05, 3.63) is 108 Å². The summed E-state index contributed by atoms with van der Waals surface area (Å²) < 4.78 is 0. The van der Waals surface area contributed by atoms with Gasteiger partial charge in [0.05, 0.1) is 23.7 Å². The highest BCUT2D eigenvalue weighted by Crippen LogP contribution is 2.22. The molecule has 1 aromatic heterocycles. The number of rotatable bonds is 9. The van der Waals surface area contributed by atoms with Crippen molar-refractivity contribution in [1.29, 1.82) is 5.26 Å². The van der Waals surface area contributed by atoms with Gasteiger partial charge in [-0.05, 0) is 53.9 Å². The molecule has 6 nitrogen and oxygen atoms in total. The van der Waals surface area contributed by atoms with Crippen LogP contribution in [0.5, 0.6) is 0 Å². The van der Waals surface area contributed by atoms with Gasteiger partial charge in [0.15, 0.2) is 0 Å². The van der Waals surface area contributed by atoms with Crippen LogP contribution in [-0.2, 0) is 11.2 Å². The van der Waals surface area contributed by atoms with Crippen molar-refractivity contribution >= 4 is 11.6 Å². The Hall–Kier alpha value is -4.21. The first-order valence-electron chi connectivity index (χ1n) is 10.9. The highest BCUT2D eigenvalue weighted by molar-refractivity contribution is 5.96. The maximum atomic E-state index is 13.2. The number of aromatic nitrogens is 2. The largest absolute Gasteiger partial charge is 0.326 e. The number of nitrogens with one attached hydrogen (secondary N) is 3. The Bertz CT molecular complexity index is 1190. The molecule has 0 radical (unpaired) electrons. The average Bonchev–Trinajstić information content (AvgIpc) is 3.40. The summed E-state index contributed by atoms with van der Waals surface area (Å²) in [6.07, 6.45) is 4.43. The highest BCUT2D eigenvalue weighted by atomic mass is 16.1. The van der Waals surface area contributed by atoms with Crippen molar-refractivity contribution in [2.75, 3.05) is 18.4 Å². The van der Waals surface area contributed by atoms with Crippen LogP contribution < -0.4 is 10.6 Å². The summed E-state index contributed by atoms with van der Waals surface area (Å²) >= 11 is 0. The predicted molar refractivity (Wildman–Crippen MR) is 130 cm³/mol. The number of anilines is 1. The standard InChI is InChI=1S/C27H25N5O/c28-16-21-8-6-20(7-9-21)14-15-29-19-26(23-4-2-1-3-5-23)27(33)32-25-12-10-22(11-13-25)24-17-30-31-18-24/h1-13,17-18,26,29H,14-15,19H2,(H,30,31)(H,32,33). The third-order valence-corrected chi connectivity index (χ3v) is 5.52. The van der Waals surface area contributed by atoms with E-state index in [9.17, 15) is 4.79 Å². The molecule has 164 valence electrons. The van der Waals surface area contributed by atoms with Gasteiger partial charge in [0.2, 0.25) is 5.91 Å². The zero-order chi connectivity index (χ0) is 22.9. The summed E-state index contributed by atoms with van der Waals surface area (Å²) in [6, 6.07) is 27.3. The van der Waals surface area contributed by atoms with E-state index in [4.69, 9.17) is 5.26 Å². The van der Waals surface area contributed by atoms with Gasteiger partial charge in [-0.3, -0.25) is 9.89 Å². The smallest absolute Gasteiger partial charge is 0.233 e. The number of hydrogen-bond donors (Lipinski definition) is 3. The van der Waals surface area contributed by atoms with Gasteiger partial charge in [-0.15, -0.1) is 0 Å². The van der Waals surface area contributed by atoms with Crippen LogP contribution in [0.15, 0.2) is 91.3 Å². The second-order valence-electron chi connectivity index (χ2n) is 7.78. The molecule has 0 bridgehead atoms. The second-order valence-corrected chi connectivity index (χ2v) is 7.78. The number of amides is 1. The Morgan fingerprint density at radius 2 is 1.73 bits per heavy atom. The number of nitriles is 1. The molecule has 6 heteroatoms. The lowest BCUT2D eigenvalue weighted by atomic mass is 9.97. The minimum absolute atomic E-state index is 0.0527. The van der Waals surface area contributed by atoms with Gasteiger partial charge < -0.3 is 10.6 Å². The number of carbonyl (C=O) groups excluding carboxylic acids is 1. The van der Waals surface area contributed by atoms with E-state index < -0.39 is 0 Å². The Kier molecular flexibility index (Phi) is 7.26. The monoisotopic (exact) mass is 435 g/mol. The van der Waals surface area contributed by atoms with Crippen LogP contribution in [0.2, 0.25) is 0 Å². The Morgan fingerprint density at radius 3 is 2.39 bits per heavy atom. The molecule has 1 atom stereocenters. The molecule has 4 aromatic rings. The van der Waals surface area contributed by atoms with E-state index in [-0.39, 0.29) is 11.8 Å². The molecule has 0 fully saturated rings. The van der Waals surface area contributed by atoms with Gasteiger partial charge in [-0.25, -0.2) is 0 Å². The summed E-state index contributed by atoms with van der Waals surface area (Å²) in [4.78, 5) is 13.2. The molecule has 0 aliphatic carbocycles. The van der Waals surface area contributed by atoms with Gasteiger partial charge >= 0.3 is 0 Å². The Balaban J connectivity index is 1.37. The Labute approximate surface area is 193 Å². The van der Waals surface area contributed by atoms with E-state index in [0.29, 0.717) is 12.1 Å². The van der Waals surface area contributed by atoms with E-state index in [2.05, 4.69) is 26.9 Å². The number of nitrogens with zero attached hydrogens (tertiary/aromatic N) is 2. The molecule has 4 rings (SSSR count). The van der Waals surface area contributed by atoms with Crippen LogP contribution in [0.25, 0.3) is 11.1 Å². The lowest BCUT2D eigenvalue weighted by Crippen LogP contribution is -2.31. The molecule has 0 aliphatic heterocycles. The summed E-state index contributed by atoms with van der Waals surface area (Å²) in [7, 11) is 0. The van der Waals surface area contributed by atoms with Crippen LogP contribution in [-0.4, -0.2) is 29.2 Å². The predicted octanol–water partition coefficient (Wildman–Crippen LogP) is 4.50. The minimum atomic E-state index is -0.319. The number of benzene rings is 3. The molecule has 0 saturated heterocycles. The van der Waals surface area contributed by atoms with E-state index >= 15 is 0 Å². The quantitative estimate of drug-likeness (QED) is 0.337. The van der Waals surface area contributed by atoms with Crippen molar-refractivity contribution in [2.24, 2.45) is 0 Å². The fourth-order valence-corrected chi connectivity index (χ4v) is 3.66. The molecule has 3 N–H and O–H groups in total. The Morgan fingerprint density at radius 1 is 0.970 bits per heavy atom. The van der Waals surface area contributed by atoms with E-state index in [1.807, 2.05) is 85.1 Å². The van der Waals surface area contributed by atoms with E-state index in [1.165, 1.54) is 0 Å². The number of H-pyrrole nitrogens is 1. The molecule has 0 spiro atoms. The minimum Gasteiger partial charge on any atom is -0.326 e. The summed E-state index contributed by atoms with van der Waals surface area (Å²) in [6.45, 7) is 1.27. The molecule has 3 aromatic carbocycles. The van der Waals surface area contributed by atoms with Crippen molar-refractivity contribution in [2.45, 2.75) is 12.3 Å². The topological polar surface area (TPSA) is 93.6 Å². The van der Waals surface area contributed by atoms with Crippen LogP contribution >= 0.6 is 0 Å². The van der Waals surface area contributed by atoms with E-state index in [0.717, 1.165) is 40.9 Å². The molecule has 0 aliphatic rings. The molecular formula is C27H25N5O. The molecular weight excluding hydrogens is 410 g/mol. The number of carbonyl (C=O) groups is 1. The average molecular weight is 436 g/mol. The van der Waals surface area contributed by atoms with Crippen LogP contribution in [0.4, 0.5) is 5.69 Å². The highest BCUT2D eigenvalue weighted by Gasteiger charge is 2.20. The molecule has 1 amide bonds. The second kappa shape index (κ2) is 10.9. The zero-order valence-electron chi connectivity index (χ0n) is 18.2. The first-order chi connectivity index (χ1) is 16.2. The first kappa shape index (κ1) is 22.0. The van der Waals surface area contributed by atoms with Crippen LogP contribution in [0.1, 0.15) is 22.6 Å². The van der Waals surface area contributed by atoms with Gasteiger partial charge in [0.1, 0.15) is 0 Å². The third kappa shape index (κ3) is 5.94. The van der Waals surface area contributed by atoms with Gasteiger partial charge in [0.25, 0.3) is 0 Å². The van der Waals surface area contributed by atoms with Crippen molar-refractivity contribution in [3.63, 3.8) is 0 Å². The van der Waals surface area contributed by atoms with Crippen LogP contribution in [0.3, 0.4) is 0 Å². The van der Waals surface area contributed by atoms with Crippen LogP contribution in [0, 0.1) is 11.3 Å². The zero-order valence-corrected chi connectivity index (χ0v) is 18.2. The SMILES string of the molecule is N#Cc1ccc(CCNCC(C(=O)Nc2ccc(-c3cn[nH]c3)cc2)c2ccccc2)cc1. The molecule has 0 saturated carbocycles. The normalized spacial score (nSPS) is 11.5. The first-order valence-corrected chi connectivity index (χ1v) is 10.9. The van der Waals surface area contributed by atoms with Crippen molar-refractivity contribution in [1.82, 2.24) is 15.5 Å². The third-order valence-electron chi connectivity index (χ3n) is 5.52. The molecule has 1 heterocycles. The van der Waals surface area contributed by atoms with Gasteiger partial charge in [-0.1, -0.05) is 54.6 Å². The van der Waals surface area contributed by atoms with Gasteiger partial charge in [0, 0.05) is 24.0 Å². The number of hydrogen-bond acceptors (Lipinski definition) is 4. The van der Waals surface area contributed by atoms with E-state index in [1.54, 1.807) is 6.20 Å². The fraction of sp³-hybridized carbons (Fsp3) is 0.148.